The lowest BCUT2D eigenvalue weighted by Gasteiger charge is -2.37. The van der Waals surface area contributed by atoms with Gasteiger partial charge < -0.3 is 15.4 Å². The summed E-state index contributed by atoms with van der Waals surface area (Å²) in [5.41, 5.74) is 14.2. The van der Waals surface area contributed by atoms with Gasteiger partial charge in [-0.1, -0.05) is 18.2 Å². The molecule has 2 saturated heterocycles. The van der Waals surface area contributed by atoms with Gasteiger partial charge in [0.15, 0.2) is 0 Å². The molecule has 0 saturated carbocycles. The van der Waals surface area contributed by atoms with Gasteiger partial charge in [0.05, 0.1) is 6.04 Å². The van der Waals surface area contributed by atoms with Crippen LogP contribution in [0.15, 0.2) is 24.3 Å². The summed E-state index contributed by atoms with van der Waals surface area (Å²) < 4.78 is 5.51. The van der Waals surface area contributed by atoms with Crippen LogP contribution in [0, 0.1) is 5.92 Å². The van der Waals surface area contributed by atoms with Crippen LogP contribution in [-0.2, 0) is 4.74 Å². The molecule has 0 spiro atoms. The number of anilines is 1. The van der Waals surface area contributed by atoms with Gasteiger partial charge in [-0.05, 0) is 38.8 Å². The second-order valence-electron chi connectivity index (χ2n) is 7.38. The number of amides is 1. The Labute approximate surface area is 137 Å². The summed E-state index contributed by atoms with van der Waals surface area (Å²) in [6.07, 6.45) is 0.669. The van der Waals surface area contributed by atoms with Gasteiger partial charge in [-0.15, -0.1) is 0 Å². The molecule has 2 aliphatic heterocycles. The molecule has 3 unspecified atom stereocenters. The first-order chi connectivity index (χ1) is 10.8. The Morgan fingerprint density at radius 3 is 2.74 bits per heavy atom. The number of piperidine rings is 1. The Hall–Kier alpha value is -1.79. The third-order valence-electron chi connectivity index (χ3n) is 4.49. The molecule has 1 aromatic rings. The van der Waals surface area contributed by atoms with Gasteiger partial charge in [-0.25, -0.2) is 10.2 Å². The summed E-state index contributed by atoms with van der Waals surface area (Å²) in [5, 5.41) is 0. The zero-order valence-corrected chi connectivity index (χ0v) is 14.0. The van der Waals surface area contributed by atoms with E-state index in [0.717, 1.165) is 17.7 Å². The number of hydrogen-bond acceptors (Lipinski definition) is 5. The van der Waals surface area contributed by atoms with Crippen molar-refractivity contribution in [3.05, 3.63) is 29.8 Å². The minimum absolute atomic E-state index is 0.103. The van der Waals surface area contributed by atoms with Crippen LogP contribution in [0.25, 0.3) is 0 Å². The molecule has 2 heterocycles. The number of nitrogens with two attached hydrogens (primary N) is 1. The molecule has 0 aromatic heterocycles. The maximum atomic E-state index is 12.4. The van der Waals surface area contributed by atoms with Crippen LogP contribution < -0.4 is 16.6 Å². The van der Waals surface area contributed by atoms with E-state index in [2.05, 4.69) is 10.9 Å². The third-order valence-corrected chi connectivity index (χ3v) is 4.49. The SMILES string of the molecule is CC(C)(C)OC(=O)N1CCC2NNC(c3ccccc3N)C2C1. The fourth-order valence-corrected chi connectivity index (χ4v) is 3.40. The molecule has 6 heteroatoms. The standard InChI is InChI=1S/C17H26N4O2/c1-17(2,3)23-16(22)21-9-8-14-12(10-21)15(20-19-14)11-6-4-5-7-13(11)18/h4-7,12,14-15,19-20H,8-10,18H2,1-3H3. The van der Waals surface area contributed by atoms with Gasteiger partial charge in [-0.3, -0.25) is 5.43 Å². The molecular formula is C17H26N4O2. The van der Waals surface area contributed by atoms with E-state index in [1.165, 1.54) is 0 Å². The molecule has 0 aliphatic carbocycles. The predicted octanol–water partition coefficient (Wildman–Crippen LogP) is 2.04. The van der Waals surface area contributed by atoms with E-state index < -0.39 is 5.60 Å². The molecule has 1 aromatic carbocycles. The number of nitrogens with zero attached hydrogens (tertiary/aromatic N) is 1. The number of carbonyl (C=O) groups excluding carboxylic acids is 1. The van der Waals surface area contributed by atoms with E-state index in [9.17, 15) is 4.79 Å². The first-order valence-corrected chi connectivity index (χ1v) is 8.18. The van der Waals surface area contributed by atoms with Crippen molar-refractivity contribution >= 4 is 11.8 Å². The minimum Gasteiger partial charge on any atom is -0.444 e. The van der Waals surface area contributed by atoms with Crippen LogP contribution in [0.5, 0.6) is 0 Å². The lowest BCUT2D eigenvalue weighted by Crippen LogP contribution is -2.49. The number of ether oxygens (including phenoxy) is 1. The van der Waals surface area contributed by atoms with E-state index >= 15 is 0 Å². The third kappa shape index (κ3) is 3.43. The number of hydrogen-bond donors (Lipinski definition) is 3. The fourth-order valence-electron chi connectivity index (χ4n) is 3.40. The molecule has 6 nitrogen and oxygen atoms in total. The van der Waals surface area contributed by atoms with Crippen LogP contribution in [0.2, 0.25) is 0 Å². The van der Waals surface area contributed by atoms with E-state index in [0.29, 0.717) is 19.1 Å². The normalized spacial score (nSPS) is 27.6. The molecule has 0 radical (unpaired) electrons. The quantitative estimate of drug-likeness (QED) is 0.691. The van der Waals surface area contributed by atoms with Crippen molar-refractivity contribution in [1.29, 1.82) is 0 Å². The van der Waals surface area contributed by atoms with Crippen LogP contribution in [0.1, 0.15) is 38.8 Å². The molecule has 3 rings (SSSR count). The fraction of sp³-hybridized carbons (Fsp3) is 0.588. The van der Waals surface area contributed by atoms with Gasteiger partial charge in [0.25, 0.3) is 0 Å². The largest absolute Gasteiger partial charge is 0.444 e. The summed E-state index contributed by atoms with van der Waals surface area (Å²) >= 11 is 0. The van der Waals surface area contributed by atoms with E-state index in [4.69, 9.17) is 10.5 Å². The zero-order valence-electron chi connectivity index (χ0n) is 14.0. The number of likely N-dealkylation sites (tertiary alicyclic amines) is 1. The zero-order chi connectivity index (χ0) is 16.6. The number of rotatable bonds is 1. The van der Waals surface area contributed by atoms with Gasteiger partial charge in [0.1, 0.15) is 5.60 Å². The van der Waals surface area contributed by atoms with Crippen LogP contribution in [0.4, 0.5) is 10.5 Å². The molecule has 4 N–H and O–H groups in total. The number of benzene rings is 1. The Balaban J connectivity index is 1.74. The predicted molar refractivity (Wildman–Crippen MR) is 89.6 cm³/mol. The Morgan fingerprint density at radius 1 is 1.30 bits per heavy atom. The van der Waals surface area contributed by atoms with Crippen LogP contribution in [-0.4, -0.2) is 35.7 Å². The highest BCUT2D eigenvalue weighted by molar-refractivity contribution is 5.68. The summed E-state index contributed by atoms with van der Waals surface area (Å²) in [6.45, 7) is 7.05. The van der Waals surface area contributed by atoms with E-state index in [1.807, 2.05) is 49.9 Å². The topological polar surface area (TPSA) is 79.6 Å². The average Bonchev–Trinajstić information content (AvgIpc) is 2.89. The number of para-hydroxylation sites is 1. The second kappa shape index (κ2) is 6.02. The minimum atomic E-state index is -0.469. The average molecular weight is 318 g/mol. The molecule has 23 heavy (non-hydrogen) atoms. The van der Waals surface area contributed by atoms with Gasteiger partial charge in [-0.2, -0.15) is 0 Å². The first-order valence-electron chi connectivity index (χ1n) is 8.18. The summed E-state index contributed by atoms with van der Waals surface area (Å²) in [6, 6.07) is 8.34. The summed E-state index contributed by atoms with van der Waals surface area (Å²) in [4.78, 5) is 14.2. The number of nitrogen functional groups attached to an aromatic ring is 1. The van der Waals surface area contributed by atoms with Gasteiger partial charge >= 0.3 is 6.09 Å². The monoisotopic (exact) mass is 318 g/mol. The molecular weight excluding hydrogens is 292 g/mol. The summed E-state index contributed by atoms with van der Waals surface area (Å²) in [5.74, 6) is 0.279. The van der Waals surface area contributed by atoms with Gasteiger partial charge in [0, 0.05) is 30.7 Å². The lowest BCUT2D eigenvalue weighted by atomic mass is 9.84. The highest BCUT2D eigenvalue weighted by Crippen LogP contribution is 2.36. The van der Waals surface area contributed by atoms with Crippen molar-refractivity contribution in [3.63, 3.8) is 0 Å². The van der Waals surface area contributed by atoms with Crippen LogP contribution >= 0.6 is 0 Å². The van der Waals surface area contributed by atoms with Crippen LogP contribution in [0.3, 0.4) is 0 Å². The van der Waals surface area contributed by atoms with Crippen molar-refractivity contribution in [2.75, 3.05) is 18.8 Å². The number of fused-ring (bicyclic) bond motifs is 1. The number of hydrazine groups is 1. The van der Waals surface area contributed by atoms with Crippen molar-refractivity contribution < 1.29 is 9.53 Å². The molecule has 1 amide bonds. The van der Waals surface area contributed by atoms with E-state index in [-0.39, 0.29) is 18.1 Å². The molecule has 3 atom stereocenters. The maximum Gasteiger partial charge on any atom is 0.410 e. The van der Waals surface area contributed by atoms with Crippen molar-refractivity contribution in [1.82, 2.24) is 15.8 Å². The highest BCUT2D eigenvalue weighted by atomic mass is 16.6. The lowest BCUT2D eigenvalue weighted by molar-refractivity contribution is 0.0149. The molecule has 0 bridgehead atoms. The number of carbonyl (C=O) groups is 1. The molecule has 126 valence electrons. The number of nitrogens with one attached hydrogen (secondary N) is 2. The van der Waals surface area contributed by atoms with Crippen molar-refractivity contribution in [2.24, 2.45) is 5.92 Å². The highest BCUT2D eigenvalue weighted by Gasteiger charge is 2.42. The smallest absolute Gasteiger partial charge is 0.410 e. The van der Waals surface area contributed by atoms with E-state index in [1.54, 1.807) is 0 Å². The Morgan fingerprint density at radius 2 is 2.04 bits per heavy atom. The first kappa shape index (κ1) is 16.1. The Kier molecular flexibility index (Phi) is 4.21. The van der Waals surface area contributed by atoms with Crippen molar-refractivity contribution in [2.45, 2.75) is 44.9 Å². The molecule has 2 aliphatic rings. The molecule has 2 fully saturated rings. The maximum absolute atomic E-state index is 12.4. The summed E-state index contributed by atoms with van der Waals surface area (Å²) in [7, 11) is 0. The second-order valence-corrected chi connectivity index (χ2v) is 7.38. The Bertz CT molecular complexity index is 584. The van der Waals surface area contributed by atoms with Crippen molar-refractivity contribution in [3.8, 4) is 0 Å². The van der Waals surface area contributed by atoms with Gasteiger partial charge in [0.2, 0.25) is 0 Å².